The molecule has 2 atom stereocenters. The topological polar surface area (TPSA) is 42.0 Å². The van der Waals surface area contributed by atoms with Gasteiger partial charge in [0.1, 0.15) is 18.5 Å². The maximum atomic E-state index is 12.3. The fourth-order valence-corrected chi connectivity index (χ4v) is 2.93. The van der Waals surface area contributed by atoms with Crippen LogP contribution < -0.4 is 0 Å². The van der Waals surface area contributed by atoms with Crippen LogP contribution in [0.3, 0.4) is 0 Å². The normalized spacial score (nSPS) is 23.5. The third kappa shape index (κ3) is 4.48. The van der Waals surface area contributed by atoms with E-state index in [0.717, 1.165) is 17.8 Å². The third-order valence-corrected chi connectivity index (χ3v) is 4.66. The van der Waals surface area contributed by atoms with Crippen LogP contribution in [0.2, 0.25) is 0 Å². The molecule has 0 spiro atoms. The molecule has 0 aromatic carbocycles. The summed E-state index contributed by atoms with van der Waals surface area (Å²) in [6.07, 6.45) is 6.45. The number of amides is 1. The second kappa shape index (κ2) is 9.04. The van der Waals surface area contributed by atoms with Crippen molar-refractivity contribution in [3.63, 3.8) is 0 Å². The largest absolute Gasteiger partial charge is 0.498 e. The molecule has 24 heavy (non-hydrogen) atoms. The molecule has 5 heteroatoms. The summed E-state index contributed by atoms with van der Waals surface area (Å²) in [6.45, 7) is 11.3. The van der Waals surface area contributed by atoms with Gasteiger partial charge in [0, 0.05) is 13.1 Å². The molecule has 0 aromatic heterocycles. The molecule has 136 valence electrons. The van der Waals surface area contributed by atoms with Crippen LogP contribution in [0.1, 0.15) is 27.2 Å². The summed E-state index contributed by atoms with van der Waals surface area (Å²) in [7, 11) is 5.65. The predicted octanol–water partition coefficient (Wildman–Crippen LogP) is 2.61. The second-order valence-electron chi connectivity index (χ2n) is 6.34. The van der Waals surface area contributed by atoms with E-state index >= 15 is 0 Å². The average Bonchev–Trinajstić information content (AvgIpc) is 2.54. The van der Waals surface area contributed by atoms with Crippen LogP contribution in [-0.2, 0) is 14.3 Å². The van der Waals surface area contributed by atoms with Gasteiger partial charge in [0.25, 0.3) is 0 Å². The van der Waals surface area contributed by atoms with E-state index in [-0.39, 0.29) is 18.6 Å². The number of rotatable bonds is 9. The molecule has 0 radical (unpaired) electrons. The number of carbonyl (C=O) groups excluding carboxylic acids is 1. The van der Waals surface area contributed by atoms with Gasteiger partial charge in [-0.05, 0) is 52.9 Å². The van der Waals surface area contributed by atoms with E-state index in [1.165, 1.54) is 0 Å². The van der Waals surface area contributed by atoms with E-state index in [0.29, 0.717) is 13.1 Å². The first-order chi connectivity index (χ1) is 11.3. The number of likely N-dealkylation sites (N-methyl/N-ethyl adjacent to an activating group) is 2. The molecular formula is C19H32N2O3. The highest BCUT2D eigenvalue weighted by Gasteiger charge is 2.41. The first-order valence-corrected chi connectivity index (χ1v) is 8.48. The average molecular weight is 336 g/mol. The van der Waals surface area contributed by atoms with Crippen molar-refractivity contribution in [2.24, 2.45) is 0 Å². The molecule has 0 saturated heterocycles. The van der Waals surface area contributed by atoms with Crippen molar-refractivity contribution in [2.75, 3.05) is 40.9 Å². The lowest BCUT2D eigenvalue weighted by molar-refractivity contribution is -0.140. The van der Waals surface area contributed by atoms with Crippen molar-refractivity contribution in [3.05, 3.63) is 36.1 Å². The molecule has 0 heterocycles. The lowest BCUT2D eigenvalue weighted by Crippen LogP contribution is -2.54. The highest BCUT2D eigenvalue weighted by Crippen LogP contribution is 2.34. The Hall–Kier alpha value is -1.59. The summed E-state index contributed by atoms with van der Waals surface area (Å²) < 4.78 is 11.6. The molecule has 0 fully saturated rings. The van der Waals surface area contributed by atoms with Crippen molar-refractivity contribution in [1.82, 2.24) is 9.80 Å². The Labute approximate surface area is 146 Å². The first kappa shape index (κ1) is 20.5. The summed E-state index contributed by atoms with van der Waals surface area (Å²) in [4.78, 5) is 16.1. The number of hydrogen-bond acceptors (Lipinski definition) is 4. The highest BCUT2D eigenvalue weighted by molar-refractivity contribution is 5.77. The minimum Gasteiger partial charge on any atom is -0.498 e. The second-order valence-corrected chi connectivity index (χ2v) is 6.34. The zero-order valence-corrected chi connectivity index (χ0v) is 16.0. The molecule has 1 amide bonds. The number of hydrogen-bond donors (Lipinski definition) is 0. The fourth-order valence-electron chi connectivity index (χ4n) is 2.93. The molecule has 1 rings (SSSR count). The molecule has 1 aliphatic rings. The molecule has 0 saturated carbocycles. The molecule has 5 nitrogen and oxygen atoms in total. The van der Waals surface area contributed by atoms with Gasteiger partial charge in [-0.15, -0.1) is 6.58 Å². The van der Waals surface area contributed by atoms with Gasteiger partial charge in [-0.25, -0.2) is 0 Å². The summed E-state index contributed by atoms with van der Waals surface area (Å²) >= 11 is 0. The Morgan fingerprint density at radius 2 is 2.00 bits per heavy atom. The van der Waals surface area contributed by atoms with Gasteiger partial charge >= 0.3 is 0 Å². The Kier molecular flexibility index (Phi) is 7.70. The lowest BCUT2D eigenvalue weighted by atomic mass is 9.83. The van der Waals surface area contributed by atoms with Gasteiger partial charge in [0.05, 0.1) is 12.6 Å². The standard InChI is InChI=1S/C19H32N2O3/c1-8-11-15-12-16(23-7)18(19(4,13-15)20(5)6)24-14-17(22)21(9-2)10-3/h8,12-13,18H,1,9-11,14H2,2-7H3. The Bertz CT molecular complexity index is 507. The van der Waals surface area contributed by atoms with Crippen LogP contribution in [0.5, 0.6) is 0 Å². The van der Waals surface area contributed by atoms with Crippen molar-refractivity contribution < 1.29 is 14.3 Å². The number of nitrogens with zero attached hydrogens (tertiary/aromatic N) is 2. The molecular weight excluding hydrogens is 304 g/mol. The van der Waals surface area contributed by atoms with Crippen LogP contribution >= 0.6 is 0 Å². The lowest BCUT2D eigenvalue weighted by Gasteiger charge is -2.43. The number of allylic oxidation sites excluding steroid dienone is 3. The monoisotopic (exact) mass is 336 g/mol. The number of carbonyl (C=O) groups is 1. The fraction of sp³-hybridized carbons (Fsp3) is 0.632. The van der Waals surface area contributed by atoms with Crippen molar-refractivity contribution in [2.45, 2.75) is 38.8 Å². The molecule has 0 aromatic rings. The number of methoxy groups -OCH3 is 1. The summed E-state index contributed by atoms with van der Waals surface area (Å²) in [5, 5.41) is 0. The predicted molar refractivity (Wildman–Crippen MR) is 97.7 cm³/mol. The van der Waals surface area contributed by atoms with E-state index in [1.54, 1.807) is 12.0 Å². The SMILES string of the molecule is C=CCC1=CC(C)(N(C)C)C(OCC(=O)N(CC)CC)C(OC)=C1. The Balaban J connectivity index is 3.03. The van der Waals surface area contributed by atoms with Crippen LogP contribution in [0.15, 0.2) is 36.1 Å². The maximum Gasteiger partial charge on any atom is 0.248 e. The van der Waals surface area contributed by atoms with E-state index in [2.05, 4.69) is 24.5 Å². The van der Waals surface area contributed by atoms with Gasteiger partial charge in [-0.2, -0.15) is 0 Å². The molecule has 0 bridgehead atoms. The van der Waals surface area contributed by atoms with Gasteiger partial charge in [-0.3, -0.25) is 9.69 Å². The van der Waals surface area contributed by atoms with E-state index in [1.807, 2.05) is 40.1 Å². The minimum atomic E-state index is -0.401. The van der Waals surface area contributed by atoms with Gasteiger partial charge in [-0.1, -0.05) is 12.2 Å². The van der Waals surface area contributed by atoms with Crippen molar-refractivity contribution in [3.8, 4) is 0 Å². The van der Waals surface area contributed by atoms with Crippen molar-refractivity contribution in [1.29, 1.82) is 0 Å². The summed E-state index contributed by atoms with van der Waals surface area (Å²) in [5.41, 5.74) is 0.732. The van der Waals surface area contributed by atoms with E-state index in [4.69, 9.17) is 9.47 Å². The smallest absolute Gasteiger partial charge is 0.248 e. The van der Waals surface area contributed by atoms with Gasteiger partial charge in [0.15, 0.2) is 0 Å². The molecule has 1 aliphatic carbocycles. The molecule has 0 aliphatic heterocycles. The first-order valence-electron chi connectivity index (χ1n) is 8.48. The Morgan fingerprint density at radius 3 is 2.46 bits per heavy atom. The van der Waals surface area contributed by atoms with E-state index in [9.17, 15) is 4.79 Å². The minimum absolute atomic E-state index is 0.00238. The maximum absolute atomic E-state index is 12.3. The zero-order chi connectivity index (χ0) is 18.3. The van der Waals surface area contributed by atoms with E-state index < -0.39 is 5.54 Å². The van der Waals surface area contributed by atoms with Gasteiger partial charge in [0.2, 0.25) is 5.91 Å². The van der Waals surface area contributed by atoms with Crippen LogP contribution in [0.4, 0.5) is 0 Å². The molecule has 0 N–H and O–H groups in total. The van der Waals surface area contributed by atoms with Crippen LogP contribution in [0.25, 0.3) is 0 Å². The van der Waals surface area contributed by atoms with Crippen LogP contribution in [0, 0.1) is 0 Å². The zero-order valence-electron chi connectivity index (χ0n) is 16.0. The highest BCUT2D eigenvalue weighted by atomic mass is 16.5. The summed E-state index contributed by atoms with van der Waals surface area (Å²) in [5.74, 6) is 0.732. The van der Waals surface area contributed by atoms with Crippen LogP contribution in [-0.4, -0.2) is 68.3 Å². The van der Waals surface area contributed by atoms with Gasteiger partial charge < -0.3 is 14.4 Å². The molecule has 2 unspecified atom stereocenters. The van der Waals surface area contributed by atoms with Crippen molar-refractivity contribution >= 4 is 5.91 Å². The third-order valence-electron chi connectivity index (χ3n) is 4.66. The quantitative estimate of drug-likeness (QED) is 0.607. The number of ether oxygens (including phenoxy) is 2. The summed E-state index contributed by atoms with van der Waals surface area (Å²) in [6, 6.07) is 0. The Morgan fingerprint density at radius 1 is 1.38 bits per heavy atom.